The third-order valence-electron chi connectivity index (χ3n) is 3.61. The fourth-order valence-corrected chi connectivity index (χ4v) is 5.22. The number of aromatic nitrogens is 1. The zero-order valence-corrected chi connectivity index (χ0v) is 23.7. The van der Waals surface area contributed by atoms with Crippen LogP contribution < -0.4 is 25.7 Å². The lowest BCUT2D eigenvalue weighted by molar-refractivity contribution is -0.193. The molecule has 0 aliphatic carbocycles. The van der Waals surface area contributed by atoms with E-state index in [-0.39, 0.29) is 29.6 Å². The number of halogens is 6. The number of ether oxygens (including phenoxy) is 2. The van der Waals surface area contributed by atoms with E-state index in [1.54, 1.807) is 19.9 Å². The Morgan fingerprint density at radius 3 is 1.69 bits per heavy atom. The molecule has 0 saturated heterocycles. The normalized spacial score (nSPS) is 13.6. The number of nitrogens with one attached hydrogen (secondary N) is 1. The van der Waals surface area contributed by atoms with Gasteiger partial charge in [-0.05, 0) is 13.8 Å². The fraction of sp³-hybridized carbons (Fsp3) is 0.500. The molecule has 242 valence electrons. The number of sulfonamides is 1. The molecule has 0 fully saturated rings. The summed E-state index contributed by atoms with van der Waals surface area (Å²) in [6.07, 6.45) is -11.2. The maximum Gasteiger partial charge on any atom is 0.490 e. The SMILES string of the molecule is CC(N)COc1cc2nc(S(=O)(=O)NCP(=O)(O)O)sc2cc1OCC(C)N.O=C(O)C(F)(F)F.O=C(O)C(F)(F)F. The van der Waals surface area contributed by atoms with Gasteiger partial charge in [-0.1, -0.05) is 0 Å². The molecule has 0 amide bonds. The van der Waals surface area contributed by atoms with Crippen LogP contribution in [0.1, 0.15) is 13.8 Å². The van der Waals surface area contributed by atoms with Crippen molar-refractivity contribution in [3.05, 3.63) is 12.1 Å². The number of rotatable bonds is 10. The minimum atomic E-state index is -5.08. The largest absolute Gasteiger partial charge is 0.490 e. The average molecular weight is 683 g/mol. The predicted octanol–water partition coefficient (Wildman–Crippen LogP) is 1.43. The minimum absolute atomic E-state index is 0.208. The fourth-order valence-electron chi connectivity index (χ4n) is 1.93. The number of fused-ring (bicyclic) bond motifs is 1. The highest BCUT2D eigenvalue weighted by atomic mass is 32.2. The van der Waals surface area contributed by atoms with Gasteiger partial charge >= 0.3 is 31.9 Å². The lowest BCUT2D eigenvalue weighted by atomic mass is 10.3. The number of hydrogen-bond acceptors (Lipinski definition) is 11. The molecule has 42 heavy (non-hydrogen) atoms. The van der Waals surface area contributed by atoms with E-state index in [0.717, 1.165) is 11.3 Å². The number of alkyl halides is 6. The van der Waals surface area contributed by atoms with Crippen LogP contribution in [0.15, 0.2) is 16.5 Å². The van der Waals surface area contributed by atoms with Crippen LogP contribution in [-0.2, 0) is 24.2 Å². The molecule has 24 heteroatoms. The Kier molecular flexibility index (Phi) is 14.6. The zero-order valence-electron chi connectivity index (χ0n) is 21.2. The second-order valence-corrected chi connectivity index (χ2v) is 12.5. The van der Waals surface area contributed by atoms with Gasteiger partial charge in [0.2, 0.25) is 4.34 Å². The molecular formula is C18H25F6N4O11PS2. The molecule has 1 aromatic heterocycles. The van der Waals surface area contributed by atoms with Crippen molar-refractivity contribution < 1.29 is 78.4 Å². The van der Waals surface area contributed by atoms with E-state index in [0.29, 0.717) is 21.7 Å². The summed E-state index contributed by atoms with van der Waals surface area (Å²) in [6.45, 7) is 3.96. The minimum Gasteiger partial charge on any atom is -0.488 e. The van der Waals surface area contributed by atoms with Gasteiger partial charge in [0, 0.05) is 24.2 Å². The first-order chi connectivity index (χ1) is 18.8. The Hall–Kier alpha value is -2.79. The molecule has 1 aromatic carbocycles. The van der Waals surface area contributed by atoms with E-state index < -0.39 is 48.2 Å². The quantitative estimate of drug-likeness (QED) is 0.138. The number of carboxylic acids is 2. The summed E-state index contributed by atoms with van der Waals surface area (Å²) >= 11 is 0.830. The molecule has 2 unspecified atom stereocenters. The van der Waals surface area contributed by atoms with Gasteiger partial charge in [0.15, 0.2) is 11.5 Å². The predicted molar refractivity (Wildman–Crippen MR) is 133 cm³/mol. The highest BCUT2D eigenvalue weighted by molar-refractivity contribution is 7.91. The zero-order chi connectivity index (χ0) is 33.3. The van der Waals surface area contributed by atoms with Crippen LogP contribution in [0.2, 0.25) is 0 Å². The van der Waals surface area contributed by atoms with E-state index in [1.807, 2.05) is 4.72 Å². The molecule has 15 nitrogen and oxygen atoms in total. The van der Waals surface area contributed by atoms with Crippen molar-refractivity contribution in [3.8, 4) is 11.5 Å². The standard InChI is InChI=1S/C14H23N4O7PS2.2C2HF3O2/c1-8(15)5-24-11-3-10-13(4-12(11)25-6-9(2)16)27-14(18-10)28(22,23)17-7-26(19,20)21;2*3-2(4,5)1(6)7/h3-4,8-9,17H,5-7,15-16H2,1-2H3,(H2,19,20,21);2*(H,6,7). The lowest BCUT2D eigenvalue weighted by Gasteiger charge is -2.15. The molecule has 2 atom stereocenters. The summed E-state index contributed by atoms with van der Waals surface area (Å²) in [6, 6.07) is 2.63. The molecular weight excluding hydrogens is 657 g/mol. The molecule has 9 N–H and O–H groups in total. The van der Waals surface area contributed by atoms with E-state index >= 15 is 0 Å². The van der Waals surface area contributed by atoms with Crippen LogP contribution in [0.5, 0.6) is 11.5 Å². The first-order valence-electron chi connectivity index (χ1n) is 10.6. The Balaban J connectivity index is 0.000000990. The summed E-state index contributed by atoms with van der Waals surface area (Å²) < 4.78 is 112. The third-order valence-corrected chi connectivity index (χ3v) is 7.19. The number of thiazole rings is 1. The molecule has 0 bridgehead atoms. The van der Waals surface area contributed by atoms with Crippen LogP contribution in [0.4, 0.5) is 26.3 Å². The molecule has 2 rings (SSSR count). The summed E-state index contributed by atoms with van der Waals surface area (Å²) in [5.41, 5.74) is 11.7. The van der Waals surface area contributed by atoms with Gasteiger partial charge in [-0.2, -0.15) is 31.1 Å². The Morgan fingerprint density at radius 2 is 1.36 bits per heavy atom. The van der Waals surface area contributed by atoms with Gasteiger partial charge in [-0.3, -0.25) is 4.57 Å². The number of carbonyl (C=O) groups is 2. The average Bonchev–Trinajstić information content (AvgIpc) is 3.23. The van der Waals surface area contributed by atoms with Crippen molar-refractivity contribution in [2.45, 2.75) is 42.6 Å². The first kappa shape index (κ1) is 39.2. The van der Waals surface area contributed by atoms with Crippen molar-refractivity contribution >= 4 is 51.1 Å². The third kappa shape index (κ3) is 15.4. The Bertz CT molecular complexity index is 1290. The smallest absolute Gasteiger partial charge is 0.488 e. The van der Waals surface area contributed by atoms with Gasteiger partial charge in [0.25, 0.3) is 10.0 Å². The number of aliphatic carboxylic acids is 2. The Labute approximate surface area is 236 Å². The van der Waals surface area contributed by atoms with Crippen LogP contribution in [0.3, 0.4) is 0 Å². The van der Waals surface area contributed by atoms with Crippen molar-refractivity contribution in [2.75, 3.05) is 19.5 Å². The number of nitrogens with two attached hydrogens (primary N) is 2. The first-order valence-corrected chi connectivity index (χ1v) is 14.7. The maximum atomic E-state index is 12.2. The topological polar surface area (TPSA) is 262 Å². The van der Waals surface area contributed by atoms with E-state index in [9.17, 15) is 39.3 Å². The van der Waals surface area contributed by atoms with Gasteiger partial charge < -0.3 is 40.9 Å². The number of hydrogen-bond donors (Lipinski definition) is 7. The highest BCUT2D eigenvalue weighted by Crippen LogP contribution is 2.37. The summed E-state index contributed by atoms with van der Waals surface area (Å²) in [5, 5.41) is 14.2. The van der Waals surface area contributed by atoms with Crippen molar-refractivity contribution in [1.82, 2.24) is 9.71 Å². The number of carboxylic acid groups (broad SMARTS) is 2. The van der Waals surface area contributed by atoms with Gasteiger partial charge in [0.1, 0.15) is 19.5 Å². The summed E-state index contributed by atoms with van der Waals surface area (Å²) in [5.74, 6) is -4.82. The van der Waals surface area contributed by atoms with Crippen LogP contribution in [0.25, 0.3) is 10.2 Å². The monoisotopic (exact) mass is 682 g/mol. The van der Waals surface area contributed by atoms with E-state index in [1.165, 1.54) is 6.07 Å². The molecule has 0 saturated carbocycles. The molecule has 0 aliphatic rings. The maximum absolute atomic E-state index is 12.2. The summed E-state index contributed by atoms with van der Waals surface area (Å²) in [4.78, 5) is 39.5. The molecule has 1 heterocycles. The number of nitrogens with zero attached hydrogens (tertiary/aromatic N) is 1. The van der Waals surface area contributed by atoms with Crippen LogP contribution >= 0.6 is 18.9 Å². The summed E-state index contributed by atoms with van der Waals surface area (Å²) in [7, 11) is -8.74. The molecule has 0 radical (unpaired) electrons. The second kappa shape index (κ2) is 15.6. The Morgan fingerprint density at radius 1 is 0.976 bits per heavy atom. The van der Waals surface area contributed by atoms with Crippen LogP contribution in [-0.4, -0.2) is 89.3 Å². The van der Waals surface area contributed by atoms with Gasteiger partial charge in [0.05, 0.1) is 10.2 Å². The van der Waals surface area contributed by atoms with Gasteiger partial charge in [-0.25, -0.2) is 23.0 Å². The van der Waals surface area contributed by atoms with E-state index in [2.05, 4.69) is 4.98 Å². The highest BCUT2D eigenvalue weighted by Gasteiger charge is 2.38. The van der Waals surface area contributed by atoms with Gasteiger partial charge in [-0.15, -0.1) is 11.3 Å². The molecule has 0 aliphatic heterocycles. The second-order valence-electron chi connectivity index (χ2n) is 7.90. The molecule has 2 aromatic rings. The lowest BCUT2D eigenvalue weighted by Crippen LogP contribution is -2.25. The molecule has 0 spiro atoms. The van der Waals surface area contributed by atoms with Crippen LogP contribution in [0, 0.1) is 0 Å². The van der Waals surface area contributed by atoms with E-state index in [4.69, 9.17) is 50.5 Å². The van der Waals surface area contributed by atoms with Crippen molar-refractivity contribution in [1.29, 1.82) is 0 Å². The van der Waals surface area contributed by atoms with Crippen molar-refractivity contribution in [3.63, 3.8) is 0 Å². The number of benzene rings is 1. The van der Waals surface area contributed by atoms with Crippen molar-refractivity contribution in [2.24, 2.45) is 11.5 Å².